The molecule has 0 unspecified atom stereocenters. The van der Waals surface area contributed by atoms with Gasteiger partial charge in [0, 0.05) is 35.0 Å². The van der Waals surface area contributed by atoms with Gasteiger partial charge < -0.3 is 28.8 Å². The molecule has 1 saturated heterocycles. The lowest BCUT2D eigenvalue weighted by Crippen LogP contribution is -2.72. The Hall–Kier alpha value is -3.95. The summed E-state index contributed by atoms with van der Waals surface area (Å²) in [7, 11) is 2.85. The lowest BCUT2D eigenvalue weighted by Gasteiger charge is -2.56. The number of benzene rings is 1. The van der Waals surface area contributed by atoms with E-state index in [0.717, 1.165) is 11.1 Å². The minimum atomic E-state index is -1.56. The average Bonchev–Trinajstić information content (AvgIpc) is 3.22. The first-order valence-electron chi connectivity index (χ1n) is 17.1. The predicted octanol–water partition coefficient (Wildman–Crippen LogP) is 6.60. The van der Waals surface area contributed by atoms with Crippen LogP contribution in [0.4, 0.5) is 0 Å². The van der Waals surface area contributed by atoms with Crippen molar-refractivity contribution in [3.05, 3.63) is 69.4 Å². The van der Waals surface area contributed by atoms with E-state index in [1.165, 1.54) is 14.2 Å². The maximum absolute atomic E-state index is 15.0. The SMILES string of the molecule is COC(=O)/C(C)=C\C[C@@]12OC(C)(C)[C@@H]3C[C@@H](C=C4C(=O)c5c(OC)c6c(c(CC=C(C)C)c5O[C@]431)O[C@](C)(CC/C=C(\C)CO)C=C6)C2=O. The molecule has 3 aliphatic heterocycles. The van der Waals surface area contributed by atoms with E-state index in [0.29, 0.717) is 70.8 Å². The second kappa shape index (κ2) is 12.1. The number of Topliss-reactive ketones (excluding diaryl/α,β-unsaturated/α-hetero) is 2. The second-order valence-electron chi connectivity index (χ2n) is 15.1. The Morgan fingerprint density at radius 3 is 2.43 bits per heavy atom. The number of aliphatic hydroxyl groups is 1. The number of aliphatic hydroxyl groups excluding tert-OH is 1. The van der Waals surface area contributed by atoms with Gasteiger partial charge in [-0.25, -0.2) is 4.79 Å². The van der Waals surface area contributed by atoms with Crippen LogP contribution in [0.1, 0.15) is 95.6 Å². The van der Waals surface area contributed by atoms with Crippen molar-refractivity contribution >= 4 is 23.6 Å². The van der Waals surface area contributed by atoms with Gasteiger partial charge in [-0.1, -0.05) is 35.5 Å². The quantitative estimate of drug-likeness (QED) is 0.167. The summed E-state index contributed by atoms with van der Waals surface area (Å²) in [4.78, 5) is 42.0. The zero-order valence-electron chi connectivity index (χ0n) is 30.1. The van der Waals surface area contributed by atoms with Crippen LogP contribution in [0, 0.1) is 11.8 Å². The summed E-state index contributed by atoms with van der Waals surface area (Å²) in [6, 6.07) is 0. The Balaban J connectivity index is 1.58. The van der Waals surface area contributed by atoms with E-state index < -0.39 is 34.3 Å². The average molecular weight is 673 g/mol. The first-order valence-corrected chi connectivity index (χ1v) is 17.1. The Bertz CT molecular complexity index is 1780. The fourth-order valence-corrected chi connectivity index (χ4v) is 8.55. The van der Waals surface area contributed by atoms with E-state index in [1.54, 1.807) is 19.1 Å². The number of rotatable bonds is 10. The standard InChI is InChI=1S/C40H48O9/c1-22(2)12-13-26-32-27(15-17-38(7,47-32)16-10-11-23(3)21-41)33(45-8)30-31(42)28-19-25-20-29-37(5,6)49-39(35(25)43,40(28,29)48-34(26)30)18-14-24(4)36(44)46-9/h11-12,14-15,17,19,25,29,41H,10,13,16,18,20-21H2,1-9H3/b23-11+,24-14-/t25-,29+,38-,39+,40-/m1/s1. The molecule has 262 valence electrons. The summed E-state index contributed by atoms with van der Waals surface area (Å²) in [5, 5.41) is 9.50. The Morgan fingerprint density at radius 1 is 1.04 bits per heavy atom. The van der Waals surface area contributed by atoms with Crippen molar-refractivity contribution < 1.29 is 43.2 Å². The molecular weight excluding hydrogens is 624 g/mol. The number of fused-ring (bicyclic) bond motifs is 2. The highest BCUT2D eigenvalue weighted by atomic mass is 16.6. The summed E-state index contributed by atoms with van der Waals surface area (Å²) in [5.41, 5.74) is -0.152. The first-order chi connectivity index (χ1) is 23.1. The van der Waals surface area contributed by atoms with Crippen molar-refractivity contribution in [2.45, 2.75) is 103 Å². The van der Waals surface area contributed by atoms with Gasteiger partial charge in [-0.15, -0.1) is 0 Å². The molecule has 4 bridgehead atoms. The predicted molar refractivity (Wildman–Crippen MR) is 185 cm³/mol. The molecule has 0 radical (unpaired) electrons. The van der Waals surface area contributed by atoms with Gasteiger partial charge in [-0.2, -0.15) is 0 Å². The van der Waals surface area contributed by atoms with Gasteiger partial charge in [-0.3, -0.25) is 9.59 Å². The van der Waals surface area contributed by atoms with Gasteiger partial charge in [0.05, 0.1) is 32.0 Å². The number of allylic oxidation sites excluding steroid dienone is 4. The smallest absolute Gasteiger partial charge is 0.333 e. The van der Waals surface area contributed by atoms with Crippen LogP contribution in [0.25, 0.3) is 6.08 Å². The van der Waals surface area contributed by atoms with Crippen LogP contribution in [0.3, 0.4) is 0 Å². The zero-order valence-corrected chi connectivity index (χ0v) is 30.1. The van der Waals surface area contributed by atoms with Gasteiger partial charge in [0.1, 0.15) is 28.4 Å². The monoisotopic (exact) mass is 672 g/mol. The highest BCUT2D eigenvalue weighted by Crippen LogP contribution is 2.68. The lowest BCUT2D eigenvalue weighted by atomic mass is 9.51. The van der Waals surface area contributed by atoms with Gasteiger partial charge in [0.15, 0.2) is 22.8 Å². The number of hydrogen-bond donors (Lipinski definition) is 1. The highest BCUT2D eigenvalue weighted by molar-refractivity contribution is 6.19. The van der Waals surface area contributed by atoms with Gasteiger partial charge in [0.2, 0.25) is 0 Å². The molecule has 9 nitrogen and oxygen atoms in total. The molecule has 1 spiro atoms. The normalized spacial score (nSPS) is 30.4. The largest absolute Gasteiger partial charge is 0.495 e. The Morgan fingerprint density at radius 2 is 1.78 bits per heavy atom. The third-order valence-electron chi connectivity index (χ3n) is 11.0. The molecule has 1 aromatic rings. The van der Waals surface area contributed by atoms with Crippen molar-refractivity contribution in [3.63, 3.8) is 0 Å². The van der Waals surface area contributed by atoms with Crippen LogP contribution >= 0.6 is 0 Å². The van der Waals surface area contributed by atoms with Crippen LogP contribution in [0.15, 0.2) is 52.7 Å². The number of carbonyl (C=O) groups excluding carboxylic acids is 3. The number of carbonyl (C=O) groups is 3. The van der Waals surface area contributed by atoms with Crippen molar-refractivity contribution in [3.8, 4) is 17.2 Å². The van der Waals surface area contributed by atoms with Crippen molar-refractivity contribution in [1.29, 1.82) is 0 Å². The van der Waals surface area contributed by atoms with Crippen LogP contribution in [-0.4, -0.2) is 65.9 Å². The summed E-state index contributed by atoms with van der Waals surface area (Å²) >= 11 is 0. The molecule has 1 saturated carbocycles. The van der Waals surface area contributed by atoms with Gasteiger partial charge in [0.25, 0.3) is 0 Å². The van der Waals surface area contributed by atoms with E-state index in [2.05, 4.69) is 6.08 Å². The van der Waals surface area contributed by atoms with E-state index in [4.69, 9.17) is 23.7 Å². The molecule has 2 fully saturated rings. The van der Waals surface area contributed by atoms with Crippen LogP contribution in [0.5, 0.6) is 17.2 Å². The molecule has 49 heavy (non-hydrogen) atoms. The van der Waals surface area contributed by atoms with Crippen molar-refractivity contribution in [1.82, 2.24) is 0 Å². The molecule has 6 aliphatic rings. The summed E-state index contributed by atoms with van der Waals surface area (Å²) in [5.74, 6) is -0.532. The third-order valence-corrected chi connectivity index (χ3v) is 11.0. The minimum absolute atomic E-state index is 0.000285. The maximum atomic E-state index is 15.0. The van der Waals surface area contributed by atoms with Crippen molar-refractivity contribution in [2.24, 2.45) is 11.8 Å². The summed E-state index contributed by atoms with van der Waals surface area (Å²) < 4.78 is 32.0. The van der Waals surface area contributed by atoms with E-state index in [1.807, 2.05) is 59.8 Å². The fraction of sp³-hybridized carbons (Fsp3) is 0.525. The molecular formula is C40H48O9. The number of hydrogen-bond acceptors (Lipinski definition) is 9. The van der Waals surface area contributed by atoms with E-state index in [9.17, 15) is 14.7 Å². The van der Waals surface area contributed by atoms with E-state index in [-0.39, 0.29) is 30.5 Å². The molecule has 1 N–H and O–H groups in total. The molecule has 0 aromatic heterocycles. The summed E-state index contributed by atoms with van der Waals surface area (Å²) in [6.07, 6.45) is 13.7. The second-order valence-corrected chi connectivity index (χ2v) is 15.1. The third kappa shape index (κ3) is 5.14. The number of methoxy groups -OCH3 is 2. The minimum Gasteiger partial charge on any atom is -0.495 e. The first kappa shape index (κ1) is 34.9. The lowest BCUT2D eigenvalue weighted by molar-refractivity contribution is -0.171. The maximum Gasteiger partial charge on any atom is 0.333 e. The molecule has 3 heterocycles. The van der Waals surface area contributed by atoms with Gasteiger partial charge in [-0.05, 0) is 86.3 Å². The number of ether oxygens (including phenoxy) is 5. The van der Waals surface area contributed by atoms with E-state index >= 15 is 4.79 Å². The molecule has 0 amide bonds. The molecule has 3 aliphatic carbocycles. The Labute approximate surface area is 288 Å². The topological polar surface area (TPSA) is 118 Å². The summed E-state index contributed by atoms with van der Waals surface area (Å²) in [6.45, 7) is 13.5. The molecule has 9 heteroatoms. The van der Waals surface area contributed by atoms with Crippen LogP contribution in [-0.2, 0) is 25.5 Å². The zero-order chi connectivity index (χ0) is 35.7. The molecule has 1 aromatic carbocycles. The Kier molecular flexibility index (Phi) is 8.64. The molecule has 7 rings (SSSR count). The van der Waals surface area contributed by atoms with Crippen LogP contribution < -0.4 is 14.2 Å². The van der Waals surface area contributed by atoms with Crippen LogP contribution in [0.2, 0.25) is 0 Å². The molecule has 5 atom stereocenters. The highest BCUT2D eigenvalue weighted by Gasteiger charge is 2.81. The van der Waals surface area contributed by atoms with Crippen molar-refractivity contribution in [2.75, 3.05) is 20.8 Å². The van der Waals surface area contributed by atoms with Gasteiger partial charge >= 0.3 is 5.97 Å². The number of esters is 1. The number of ketones is 2. The fourth-order valence-electron chi connectivity index (χ4n) is 8.55.